The smallest absolute Gasteiger partial charge is 0.416 e. The molecule has 11 heteroatoms. The second kappa shape index (κ2) is 9.73. The number of ether oxygens (including phenoxy) is 2. The van der Waals surface area contributed by atoms with E-state index in [0.29, 0.717) is 5.75 Å². The molecule has 164 valence electrons. The van der Waals surface area contributed by atoms with E-state index >= 15 is 0 Å². The van der Waals surface area contributed by atoms with E-state index in [4.69, 9.17) is 9.47 Å². The third-order valence-electron chi connectivity index (χ3n) is 4.05. The van der Waals surface area contributed by atoms with Gasteiger partial charge in [0.1, 0.15) is 12.1 Å². The van der Waals surface area contributed by atoms with Crippen molar-refractivity contribution in [2.75, 3.05) is 13.2 Å². The Labute approximate surface area is 179 Å². The first kappa shape index (κ1) is 22.5. The maximum Gasteiger partial charge on any atom is 0.416 e. The van der Waals surface area contributed by atoms with Crippen LogP contribution in [0.25, 0.3) is 5.69 Å². The van der Waals surface area contributed by atoms with Crippen LogP contribution >= 0.6 is 11.8 Å². The molecule has 0 N–H and O–H groups in total. The molecule has 0 amide bonds. The van der Waals surface area contributed by atoms with Gasteiger partial charge in [-0.1, -0.05) is 0 Å². The predicted octanol–water partition coefficient (Wildman–Crippen LogP) is 3.74. The molecular weight excluding hydrogens is 435 g/mol. The van der Waals surface area contributed by atoms with Crippen LogP contribution in [0.1, 0.15) is 12.5 Å². The fourth-order valence-electron chi connectivity index (χ4n) is 2.53. The average molecular weight is 453 g/mol. The first-order valence-corrected chi connectivity index (χ1v) is 10.1. The van der Waals surface area contributed by atoms with E-state index in [1.54, 1.807) is 31.2 Å². The number of carbonyl (C=O) groups excluding carboxylic acids is 1. The molecule has 1 heterocycles. The first-order valence-electron chi connectivity index (χ1n) is 9.11. The minimum Gasteiger partial charge on any atom is -0.482 e. The van der Waals surface area contributed by atoms with E-state index in [0.717, 1.165) is 17.0 Å². The number of halogens is 3. The van der Waals surface area contributed by atoms with E-state index in [2.05, 4.69) is 5.10 Å². The third-order valence-corrected chi connectivity index (χ3v) is 5.02. The van der Waals surface area contributed by atoms with E-state index in [-0.39, 0.29) is 24.8 Å². The van der Waals surface area contributed by atoms with Gasteiger partial charge in [0.25, 0.3) is 0 Å². The molecule has 1 aromatic heterocycles. The second-order valence-corrected chi connectivity index (χ2v) is 7.18. The van der Waals surface area contributed by atoms with Gasteiger partial charge in [0.15, 0.2) is 6.61 Å². The Morgan fingerprint density at radius 3 is 2.39 bits per heavy atom. The van der Waals surface area contributed by atoms with Gasteiger partial charge in [-0.2, -0.15) is 18.3 Å². The lowest BCUT2D eigenvalue weighted by Gasteiger charge is -2.07. The number of hydrogen-bond acceptors (Lipinski definition) is 6. The van der Waals surface area contributed by atoms with Crippen molar-refractivity contribution in [1.82, 2.24) is 14.3 Å². The van der Waals surface area contributed by atoms with Crippen molar-refractivity contribution in [2.45, 2.75) is 23.9 Å². The molecule has 0 aliphatic carbocycles. The standard InChI is InChI=1S/C20H18F3N3O4S/c1-2-29-18(27)11-30-16-7-9-17(10-8-16)31-13-26-19(28)25(12-24-26)15-5-3-14(4-6-15)20(21,22)23/h3-10,12H,2,11,13H2,1H3. The Bertz CT molecular complexity index is 1080. The molecule has 0 unspecified atom stereocenters. The highest BCUT2D eigenvalue weighted by Gasteiger charge is 2.30. The van der Waals surface area contributed by atoms with Crippen molar-refractivity contribution in [3.05, 3.63) is 70.9 Å². The normalized spacial score (nSPS) is 11.4. The molecule has 2 aromatic carbocycles. The lowest BCUT2D eigenvalue weighted by atomic mass is 10.2. The predicted molar refractivity (Wildman–Crippen MR) is 107 cm³/mol. The molecule has 7 nitrogen and oxygen atoms in total. The highest BCUT2D eigenvalue weighted by Crippen LogP contribution is 2.29. The van der Waals surface area contributed by atoms with E-state index in [9.17, 15) is 22.8 Å². The topological polar surface area (TPSA) is 75.3 Å². The molecule has 0 radical (unpaired) electrons. The number of hydrogen-bond donors (Lipinski definition) is 0. The number of esters is 1. The molecule has 0 saturated carbocycles. The monoisotopic (exact) mass is 453 g/mol. The number of nitrogens with zero attached hydrogens (tertiary/aromatic N) is 3. The van der Waals surface area contributed by atoms with Crippen molar-refractivity contribution >= 4 is 17.7 Å². The Morgan fingerprint density at radius 1 is 1.10 bits per heavy atom. The van der Waals surface area contributed by atoms with Gasteiger partial charge >= 0.3 is 17.8 Å². The van der Waals surface area contributed by atoms with Gasteiger partial charge in [0.05, 0.1) is 23.7 Å². The summed E-state index contributed by atoms with van der Waals surface area (Å²) in [6.07, 6.45) is -3.18. The van der Waals surface area contributed by atoms with Gasteiger partial charge in [0, 0.05) is 4.90 Å². The lowest BCUT2D eigenvalue weighted by Crippen LogP contribution is -2.23. The third kappa shape index (κ3) is 5.91. The van der Waals surface area contributed by atoms with Crippen LogP contribution in [-0.2, 0) is 21.6 Å². The zero-order valence-corrected chi connectivity index (χ0v) is 17.2. The number of aromatic nitrogens is 3. The van der Waals surface area contributed by atoms with Gasteiger partial charge in [-0.3, -0.25) is 0 Å². The Morgan fingerprint density at radius 2 is 1.77 bits per heavy atom. The van der Waals surface area contributed by atoms with Crippen molar-refractivity contribution in [2.24, 2.45) is 0 Å². The van der Waals surface area contributed by atoms with Crippen LogP contribution in [0.2, 0.25) is 0 Å². The molecule has 0 aliphatic heterocycles. The van der Waals surface area contributed by atoms with Crippen LogP contribution < -0.4 is 10.4 Å². The fourth-order valence-corrected chi connectivity index (χ4v) is 3.30. The highest BCUT2D eigenvalue weighted by molar-refractivity contribution is 7.98. The number of thioether (sulfide) groups is 1. The van der Waals surface area contributed by atoms with Gasteiger partial charge in [-0.25, -0.2) is 18.8 Å². The molecule has 31 heavy (non-hydrogen) atoms. The van der Waals surface area contributed by atoms with Crippen molar-refractivity contribution in [1.29, 1.82) is 0 Å². The molecule has 0 aliphatic rings. The summed E-state index contributed by atoms with van der Waals surface area (Å²) < 4.78 is 50.5. The fraction of sp³-hybridized carbons (Fsp3) is 0.250. The molecular formula is C20H18F3N3O4S. The number of benzene rings is 2. The molecule has 3 aromatic rings. The second-order valence-electron chi connectivity index (χ2n) is 6.17. The summed E-state index contributed by atoms with van der Waals surface area (Å²) in [6, 6.07) is 11.2. The van der Waals surface area contributed by atoms with Crippen LogP contribution in [0, 0.1) is 0 Å². The summed E-state index contributed by atoms with van der Waals surface area (Å²) >= 11 is 1.33. The van der Waals surface area contributed by atoms with E-state index in [1.807, 2.05) is 0 Å². The molecule has 0 atom stereocenters. The zero-order chi connectivity index (χ0) is 22.4. The van der Waals surface area contributed by atoms with Crippen molar-refractivity contribution in [3.63, 3.8) is 0 Å². The lowest BCUT2D eigenvalue weighted by molar-refractivity contribution is -0.145. The summed E-state index contributed by atoms with van der Waals surface area (Å²) in [5, 5.41) is 4.01. The maximum atomic E-state index is 12.7. The van der Waals surface area contributed by atoms with E-state index in [1.165, 1.54) is 39.5 Å². The Balaban J connectivity index is 1.60. The number of rotatable bonds is 8. The first-order chi connectivity index (χ1) is 14.8. The van der Waals surface area contributed by atoms with Crippen molar-refractivity contribution < 1.29 is 27.4 Å². The summed E-state index contributed by atoms with van der Waals surface area (Å²) in [7, 11) is 0. The maximum absolute atomic E-state index is 12.7. The van der Waals surface area contributed by atoms with Gasteiger partial charge in [-0.05, 0) is 55.5 Å². The SMILES string of the molecule is CCOC(=O)COc1ccc(SCn2ncn(-c3ccc(C(F)(F)F)cc3)c2=O)cc1. The summed E-state index contributed by atoms with van der Waals surface area (Å²) in [4.78, 5) is 24.6. The van der Waals surface area contributed by atoms with Crippen LogP contribution in [-0.4, -0.2) is 33.5 Å². The molecule has 0 fully saturated rings. The Hall–Kier alpha value is -3.21. The quantitative estimate of drug-likeness (QED) is 0.382. The van der Waals surface area contributed by atoms with E-state index < -0.39 is 23.4 Å². The minimum absolute atomic E-state index is 0.183. The van der Waals surface area contributed by atoms with Gasteiger partial charge < -0.3 is 9.47 Å². The highest BCUT2D eigenvalue weighted by atomic mass is 32.2. The zero-order valence-electron chi connectivity index (χ0n) is 16.3. The van der Waals surface area contributed by atoms with Gasteiger partial charge in [-0.15, -0.1) is 11.8 Å². The summed E-state index contributed by atoms with van der Waals surface area (Å²) in [5.41, 5.74) is -0.971. The minimum atomic E-state index is -4.44. The Kier molecular flexibility index (Phi) is 7.06. The van der Waals surface area contributed by atoms with Crippen LogP contribution in [0.3, 0.4) is 0 Å². The average Bonchev–Trinajstić information content (AvgIpc) is 3.11. The van der Waals surface area contributed by atoms with Crippen molar-refractivity contribution in [3.8, 4) is 11.4 Å². The molecule has 0 bridgehead atoms. The molecule has 3 rings (SSSR count). The molecule has 0 spiro atoms. The summed E-state index contributed by atoms with van der Waals surface area (Å²) in [5.74, 6) is 0.250. The van der Waals surface area contributed by atoms with Crippen LogP contribution in [0.5, 0.6) is 5.75 Å². The van der Waals surface area contributed by atoms with Crippen LogP contribution in [0.4, 0.5) is 13.2 Å². The largest absolute Gasteiger partial charge is 0.482 e. The number of carbonyl (C=O) groups is 1. The van der Waals surface area contributed by atoms with Crippen LogP contribution in [0.15, 0.2) is 64.5 Å². The molecule has 0 saturated heterocycles. The number of alkyl halides is 3. The van der Waals surface area contributed by atoms with Gasteiger partial charge in [0.2, 0.25) is 0 Å². The summed E-state index contributed by atoms with van der Waals surface area (Å²) in [6.45, 7) is 1.81.